The minimum Gasteiger partial charge on any atom is -0.309 e. The Morgan fingerprint density at radius 2 is 1.91 bits per heavy atom. The summed E-state index contributed by atoms with van der Waals surface area (Å²) in [5, 5.41) is 12.7. The molecule has 33 heavy (non-hydrogen) atoms. The Kier molecular flexibility index (Phi) is 6.05. The van der Waals surface area contributed by atoms with Crippen LogP contribution in [0.3, 0.4) is 0 Å². The standard InChI is InChI=1S/C24H20ClN5OS2/c1-3-30-21(16-10-7-11-17(25)12-16)28-29-24(30)33-14(2)20-26-22(31)19-18(13-32-23(19)27-20)15-8-5-4-6-9-15/h4-14H,3H2,1-2H3,(H,26,27,31). The summed E-state index contributed by atoms with van der Waals surface area (Å²) in [4.78, 5) is 21.5. The van der Waals surface area contributed by atoms with Gasteiger partial charge < -0.3 is 9.55 Å². The first-order valence-corrected chi connectivity index (χ1v) is 12.6. The van der Waals surface area contributed by atoms with Gasteiger partial charge in [-0.3, -0.25) is 4.79 Å². The number of benzene rings is 2. The maximum Gasteiger partial charge on any atom is 0.260 e. The Labute approximate surface area is 203 Å². The average molecular weight is 494 g/mol. The SMILES string of the molecule is CCn1c(SC(C)c2nc3scc(-c4ccccc4)c3c(=O)[nH]2)nnc1-c1cccc(Cl)c1. The topological polar surface area (TPSA) is 76.5 Å². The van der Waals surface area contributed by atoms with E-state index >= 15 is 0 Å². The van der Waals surface area contributed by atoms with Crippen LogP contribution in [-0.4, -0.2) is 24.7 Å². The van der Waals surface area contributed by atoms with E-state index in [2.05, 4.69) is 22.1 Å². The summed E-state index contributed by atoms with van der Waals surface area (Å²) in [6, 6.07) is 17.5. The Morgan fingerprint density at radius 3 is 2.67 bits per heavy atom. The summed E-state index contributed by atoms with van der Waals surface area (Å²) < 4.78 is 2.04. The summed E-state index contributed by atoms with van der Waals surface area (Å²) in [7, 11) is 0. The highest BCUT2D eigenvalue weighted by molar-refractivity contribution is 7.99. The molecule has 3 aromatic heterocycles. The first-order valence-electron chi connectivity index (χ1n) is 10.5. The minimum absolute atomic E-state index is 0.119. The number of H-pyrrole nitrogens is 1. The summed E-state index contributed by atoms with van der Waals surface area (Å²) in [5.41, 5.74) is 2.71. The first-order chi connectivity index (χ1) is 16.0. The molecule has 166 valence electrons. The van der Waals surface area contributed by atoms with Crippen LogP contribution in [0.2, 0.25) is 5.02 Å². The van der Waals surface area contributed by atoms with Gasteiger partial charge in [0.15, 0.2) is 11.0 Å². The normalized spacial score (nSPS) is 12.3. The largest absolute Gasteiger partial charge is 0.309 e. The van der Waals surface area contributed by atoms with Crippen molar-refractivity contribution in [2.24, 2.45) is 0 Å². The molecule has 1 atom stereocenters. The number of nitrogens with one attached hydrogen (secondary N) is 1. The number of aromatic amines is 1. The Balaban J connectivity index is 1.47. The maximum absolute atomic E-state index is 13.0. The molecule has 2 aromatic carbocycles. The summed E-state index contributed by atoms with van der Waals surface area (Å²) in [5.74, 6) is 1.38. The number of nitrogens with zero attached hydrogens (tertiary/aromatic N) is 4. The van der Waals surface area contributed by atoms with E-state index in [1.807, 2.05) is 71.5 Å². The van der Waals surface area contributed by atoms with Gasteiger partial charge in [-0.25, -0.2) is 4.98 Å². The molecule has 0 saturated carbocycles. The predicted molar refractivity (Wildman–Crippen MR) is 136 cm³/mol. The van der Waals surface area contributed by atoms with Crippen molar-refractivity contribution in [1.29, 1.82) is 0 Å². The van der Waals surface area contributed by atoms with Crippen molar-refractivity contribution in [2.45, 2.75) is 30.8 Å². The van der Waals surface area contributed by atoms with Crippen LogP contribution >= 0.6 is 34.7 Å². The third kappa shape index (κ3) is 4.21. The molecular formula is C24H20ClN5OS2. The highest BCUT2D eigenvalue weighted by atomic mass is 35.5. The lowest BCUT2D eigenvalue weighted by molar-refractivity contribution is 0.685. The summed E-state index contributed by atoms with van der Waals surface area (Å²) >= 11 is 9.16. The van der Waals surface area contributed by atoms with Gasteiger partial charge >= 0.3 is 0 Å². The molecule has 0 saturated heterocycles. The van der Waals surface area contributed by atoms with Crippen LogP contribution in [0.1, 0.15) is 24.9 Å². The number of halogens is 1. The van der Waals surface area contributed by atoms with Crippen molar-refractivity contribution in [3.8, 4) is 22.5 Å². The van der Waals surface area contributed by atoms with Gasteiger partial charge in [0, 0.05) is 28.1 Å². The van der Waals surface area contributed by atoms with Crippen LogP contribution in [0.15, 0.2) is 69.9 Å². The number of thioether (sulfide) groups is 1. The van der Waals surface area contributed by atoms with E-state index in [0.29, 0.717) is 22.8 Å². The average Bonchev–Trinajstić information content (AvgIpc) is 3.44. The molecular weight excluding hydrogens is 474 g/mol. The molecule has 0 fully saturated rings. The number of aromatic nitrogens is 5. The molecule has 3 heterocycles. The summed E-state index contributed by atoms with van der Waals surface area (Å²) in [6.45, 7) is 4.77. The van der Waals surface area contributed by atoms with E-state index in [1.165, 1.54) is 23.1 Å². The molecule has 0 amide bonds. The van der Waals surface area contributed by atoms with Crippen molar-refractivity contribution < 1.29 is 0 Å². The van der Waals surface area contributed by atoms with E-state index in [-0.39, 0.29) is 10.8 Å². The van der Waals surface area contributed by atoms with E-state index in [9.17, 15) is 4.79 Å². The quantitative estimate of drug-likeness (QED) is 0.275. The zero-order chi connectivity index (χ0) is 22.9. The lowest BCUT2D eigenvalue weighted by Gasteiger charge is -2.12. The highest BCUT2D eigenvalue weighted by Crippen LogP contribution is 2.36. The Bertz CT molecular complexity index is 1490. The Hall–Kier alpha value is -2.94. The lowest BCUT2D eigenvalue weighted by Crippen LogP contribution is -2.12. The van der Waals surface area contributed by atoms with Crippen LogP contribution in [0.25, 0.3) is 32.7 Å². The molecule has 0 bridgehead atoms. The van der Waals surface area contributed by atoms with Crippen molar-refractivity contribution in [1.82, 2.24) is 24.7 Å². The number of hydrogen-bond acceptors (Lipinski definition) is 6. The van der Waals surface area contributed by atoms with Gasteiger partial charge in [-0.1, -0.05) is 65.8 Å². The zero-order valence-electron chi connectivity index (χ0n) is 17.9. The van der Waals surface area contributed by atoms with E-state index in [1.54, 1.807) is 0 Å². The second-order valence-corrected chi connectivity index (χ2v) is 10.1. The molecule has 5 rings (SSSR count). The zero-order valence-corrected chi connectivity index (χ0v) is 20.3. The second-order valence-electron chi connectivity index (χ2n) is 7.47. The monoisotopic (exact) mass is 493 g/mol. The number of thiophene rings is 1. The first kappa shape index (κ1) is 21.9. The third-order valence-corrected chi connectivity index (χ3v) is 7.53. The minimum atomic E-state index is -0.126. The van der Waals surface area contributed by atoms with Gasteiger partial charge in [0.05, 0.1) is 10.6 Å². The fraction of sp³-hybridized carbons (Fsp3) is 0.167. The number of rotatable bonds is 6. The molecule has 0 radical (unpaired) electrons. The van der Waals surface area contributed by atoms with Crippen molar-refractivity contribution >= 4 is 44.9 Å². The fourth-order valence-electron chi connectivity index (χ4n) is 3.70. The second kappa shape index (κ2) is 9.13. The van der Waals surface area contributed by atoms with E-state index < -0.39 is 0 Å². The van der Waals surface area contributed by atoms with Crippen LogP contribution in [0, 0.1) is 0 Å². The third-order valence-electron chi connectivity index (χ3n) is 5.33. The molecule has 5 aromatic rings. The molecule has 0 aliphatic carbocycles. The molecule has 0 aliphatic rings. The Morgan fingerprint density at radius 1 is 1.12 bits per heavy atom. The van der Waals surface area contributed by atoms with Crippen LogP contribution in [0.4, 0.5) is 0 Å². The van der Waals surface area contributed by atoms with Crippen molar-refractivity contribution in [3.63, 3.8) is 0 Å². The molecule has 6 nitrogen and oxygen atoms in total. The molecule has 0 spiro atoms. The molecule has 1 unspecified atom stereocenters. The van der Waals surface area contributed by atoms with Gasteiger partial charge in [0.2, 0.25) is 0 Å². The van der Waals surface area contributed by atoms with Gasteiger partial charge in [-0.2, -0.15) is 0 Å². The molecule has 9 heteroatoms. The summed E-state index contributed by atoms with van der Waals surface area (Å²) in [6.07, 6.45) is 0. The predicted octanol–water partition coefficient (Wildman–Crippen LogP) is 6.44. The maximum atomic E-state index is 13.0. The lowest BCUT2D eigenvalue weighted by atomic mass is 10.1. The van der Waals surface area contributed by atoms with E-state index in [4.69, 9.17) is 16.6 Å². The molecule has 1 N–H and O–H groups in total. The van der Waals surface area contributed by atoms with Crippen molar-refractivity contribution in [3.05, 3.63) is 81.2 Å². The van der Waals surface area contributed by atoms with Gasteiger partial charge in [0.25, 0.3) is 5.56 Å². The van der Waals surface area contributed by atoms with Gasteiger partial charge in [-0.05, 0) is 31.5 Å². The van der Waals surface area contributed by atoms with Gasteiger partial charge in [-0.15, -0.1) is 21.5 Å². The highest BCUT2D eigenvalue weighted by Gasteiger charge is 2.20. The van der Waals surface area contributed by atoms with Crippen LogP contribution in [-0.2, 0) is 6.54 Å². The van der Waals surface area contributed by atoms with Gasteiger partial charge in [0.1, 0.15) is 10.7 Å². The smallest absolute Gasteiger partial charge is 0.260 e. The van der Waals surface area contributed by atoms with Crippen LogP contribution in [0.5, 0.6) is 0 Å². The van der Waals surface area contributed by atoms with E-state index in [0.717, 1.165) is 32.5 Å². The molecule has 0 aliphatic heterocycles. The number of hydrogen-bond donors (Lipinski definition) is 1. The fourth-order valence-corrected chi connectivity index (χ4v) is 5.82. The van der Waals surface area contributed by atoms with Crippen LogP contribution < -0.4 is 5.56 Å². The number of fused-ring (bicyclic) bond motifs is 1. The van der Waals surface area contributed by atoms with Crippen molar-refractivity contribution in [2.75, 3.05) is 0 Å².